The summed E-state index contributed by atoms with van der Waals surface area (Å²) in [5.74, 6) is -3.45. The van der Waals surface area contributed by atoms with E-state index in [1.54, 1.807) is 32.9 Å². The summed E-state index contributed by atoms with van der Waals surface area (Å²) in [5, 5.41) is 57.3. The summed E-state index contributed by atoms with van der Waals surface area (Å²) >= 11 is 0. The Balaban J connectivity index is 0.000000165. The number of methoxy groups -OCH3 is 1. The number of aliphatic hydroxyl groups excluding tert-OH is 2. The molecule has 288 valence electrons. The highest BCUT2D eigenvalue weighted by Crippen LogP contribution is 2.83. The van der Waals surface area contributed by atoms with Crippen molar-refractivity contribution in [1.82, 2.24) is 0 Å². The Kier molecular flexibility index (Phi) is 7.17. The second kappa shape index (κ2) is 10.1. The van der Waals surface area contributed by atoms with Crippen LogP contribution in [-0.2, 0) is 33.3 Å². The number of ketones is 1. The number of benzene rings is 1. The largest absolute Gasteiger partial charge is 0.388 e. The van der Waals surface area contributed by atoms with Crippen LogP contribution in [0.3, 0.4) is 0 Å². The highest BCUT2D eigenvalue weighted by molar-refractivity contribution is 7.86. The molecule has 2 saturated heterocycles. The molecular formula is C39H54O12S. The molecule has 2 spiro atoms. The average Bonchev–Trinajstić information content (AvgIpc) is 3.69. The lowest BCUT2D eigenvalue weighted by Crippen LogP contribution is -2.83. The summed E-state index contributed by atoms with van der Waals surface area (Å²) in [5.41, 5.74) is -7.37. The quantitative estimate of drug-likeness (QED) is 0.284. The third-order valence-electron chi connectivity index (χ3n) is 17.5. The van der Waals surface area contributed by atoms with Crippen LogP contribution in [0.1, 0.15) is 86.1 Å². The van der Waals surface area contributed by atoms with Crippen molar-refractivity contribution in [3.8, 4) is 0 Å². The molecule has 12 nitrogen and oxygen atoms in total. The maximum atomic E-state index is 13.4. The zero-order valence-corrected chi connectivity index (χ0v) is 32.4. The van der Waals surface area contributed by atoms with E-state index in [0.29, 0.717) is 24.8 Å². The summed E-state index contributed by atoms with van der Waals surface area (Å²) < 4.78 is 50.3. The minimum absolute atomic E-state index is 0.0242. The summed E-state index contributed by atoms with van der Waals surface area (Å²) in [6, 6.07) is 6.48. The van der Waals surface area contributed by atoms with Crippen molar-refractivity contribution >= 4 is 15.9 Å². The minimum atomic E-state index is -4.17. The molecule has 0 radical (unpaired) electrons. The first-order valence-corrected chi connectivity index (χ1v) is 20.0. The van der Waals surface area contributed by atoms with Gasteiger partial charge in [0.2, 0.25) is 11.6 Å². The topological polar surface area (TPSA) is 189 Å². The summed E-state index contributed by atoms with van der Waals surface area (Å²) in [6.45, 7) is 15.0. The molecule has 0 amide bonds. The molecule has 8 fully saturated rings. The number of ether oxygens (including phenoxy) is 3. The molecule has 8 bridgehead atoms. The molecule has 13 heteroatoms. The van der Waals surface area contributed by atoms with Crippen molar-refractivity contribution in [1.29, 1.82) is 0 Å². The summed E-state index contributed by atoms with van der Waals surface area (Å²) in [4.78, 5) is 12.8. The number of aliphatic hydroxyl groups is 5. The van der Waals surface area contributed by atoms with E-state index >= 15 is 0 Å². The number of hydrogen-bond donors (Lipinski definition) is 5. The maximum Gasteiger partial charge on any atom is 0.338 e. The molecular weight excluding hydrogens is 692 g/mol. The van der Waals surface area contributed by atoms with Crippen LogP contribution in [-0.4, -0.2) is 95.0 Å². The predicted molar refractivity (Wildman–Crippen MR) is 184 cm³/mol. The normalized spacial score (nSPS) is 55.0. The fraction of sp³-hybridized carbons (Fsp3) is 0.769. The van der Waals surface area contributed by atoms with Gasteiger partial charge in [-0.2, -0.15) is 8.42 Å². The van der Waals surface area contributed by atoms with E-state index in [9.17, 15) is 38.7 Å². The molecule has 12 unspecified atom stereocenters. The molecule has 6 saturated carbocycles. The molecule has 2 heterocycles. The number of rotatable bonds is 4. The number of fused-ring (bicyclic) bond motifs is 1. The van der Waals surface area contributed by atoms with Crippen molar-refractivity contribution in [3.05, 3.63) is 41.2 Å². The second-order valence-corrected chi connectivity index (χ2v) is 19.8. The van der Waals surface area contributed by atoms with Crippen LogP contribution in [0.4, 0.5) is 0 Å². The van der Waals surface area contributed by atoms with Gasteiger partial charge in [-0.1, -0.05) is 45.4 Å². The Morgan fingerprint density at radius 1 is 0.808 bits per heavy atom. The van der Waals surface area contributed by atoms with Crippen molar-refractivity contribution in [3.63, 3.8) is 0 Å². The van der Waals surface area contributed by atoms with E-state index in [0.717, 1.165) is 12.0 Å². The zero-order valence-electron chi connectivity index (χ0n) is 31.6. The lowest BCUT2D eigenvalue weighted by Gasteiger charge is -2.71. The van der Waals surface area contributed by atoms with Crippen molar-refractivity contribution in [2.75, 3.05) is 20.3 Å². The maximum absolute atomic E-state index is 13.4. The Bertz CT molecular complexity index is 1920. The van der Waals surface area contributed by atoms with Crippen LogP contribution in [0.25, 0.3) is 0 Å². The fourth-order valence-corrected chi connectivity index (χ4v) is 15.1. The monoisotopic (exact) mass is 746 g/mol. The SMILES string of the molecule is COC12OCC3(C)C4(O)CC[C@H](C)C4(C(C)=C(OS(=O)(=O)c4ccc(C)cc4)C13C)C2O.C[C@H]1CCC2(O)C13CC(=O)C1(C)C(O)(OCC21C)C3O. The minimum Gasteiger partial charge on any atom is -0.388 e. The Hall–Kier alpha value is -1.94. The van der Waals surface area contributed by atoms with Gasteiger partial charge in [0.15, 0.2) is 0 Å². The fourth-order valence-electron chi connectivity index (χ4n) is 14.0. The zero-order chi connectivity index (χ0) is 38.3. The van der Waals surface area contributed by atoms with Crippen LogP contribution in [0.2, 0.25) is 0 Å². The number of carbonyl (C=O) groups excluding carboxylic acids is 1. The lowest BCUT2D eigenvalue weighted by molar-refractivity contribution is -0.369. The highest BCUT2D eigenvalue weighted by Gasteiger charge is 2.93. The van der Waals surface area contributed by atoms with Gasteiger partial charge in [-0.05, 0) is 82.9 Å². The van der Waals surface area contributed by atoms with Gasteiger partial charge in [-0.25, -0.2) is 0 Å². The third kappa shape index (κ3) is 3.18. The standard InChI is InChI=1S/C24H32O7S.C15H22O5/c1-14-7-9-17(10-8-14)32(27,28)31-18-16(3)23-15(2)11-12-22(23,26)20(4)13-30-24(29-6,19(23)25)21(18,20)5;1-8-4-5-14(18)11(2)7-20-15(19)10(17)13(8,14)6-9(16)12(11,15)3/h7-10,15,19,25-26H,11-13H2,1-6H3;8,10,17-19H,4-7H2,1-3H3/t15-,19?,20?,21?,22?,23?,24?;8-,10?,11?,12?,13?,14?,15?/m00/s1. The number of carbonyl (C=O) groups is 1. The molecule has 8 aliphatic carbocycles. The summed E-state index contributed by atoms with van der Waals surface area (Å²) in [7, 11) is -2.71. The van der Waals surface area contributed by atoms with Gasteiger partial charge in [-0.3, -0.25) is 4.79 Å². The Morgan fingerprint density at radius 2 is 1.37 bits per heavy atom. The highest BCUT2D eigenvalue weighted by atomic mass is 32.2. The molecule has 11 rings (SSSR count). The van der Waals surface area contributed by atoms with Crippen LogP contribution in [0, 0.1) is 51.2 Å². The molecule has 0 aromatic heterocycles. The van der Waals surface area contributed by atoms with Crippen molar-refractivity contribution in [2.45, 2.75) is 127 Å². The van der Waals surface area contributed by atoms with Gasteiger partial charge < -0.3 is 43.9 Å². The molecule has 2 aliphatic heterocycles. The lowest BCUT2D eigenvalue weighted by atomic mass is 9.35. The number of aryl methyl sites for hydroxylation is 1. The van der Waals surface area contributed by atoms with Crippen LogP contribution in [0.5, 0.6) is 0 Å². The van der Waals surface area contributed by atoms with Gasteiger partial charge in [0.1, 0.15) is 28.6 Å². The van der Waals surface area contributed by atoms with Crippen molar-refractivity contribution in [2.24, 2.45) is 44.3 Å². The van der Waals surface area contributed by atoms with Gasteiger partial charge in [0.25, 0.3) is 0 Å². The smallest absolute Gasteiger partial charge is 0.338 e. The first-order chi connectivity index (χ1) is 23.9. The van der Waals surface area contributed by atoms with E-state index in [4.69, 9.17) is 18.4 Å². The van der Waals surface area contributed by atoms with E-state index in [2.05, 4.69) is 0 Å². The molecule has 1 aromatic rings. The van der Waals surface area contributed by atoms with Gasteiger partial charge >= 0.3 is 10.1 Å². The van der Waals surface area contributed by atoms with Crippen LogP contribution in [0.15, 0.2) is 40.5 Å². The number of hydrogen-bond acceptors (Lipinski definition) is 12. The van der Waals surface area contributed by atoms with E-state index in [1.807, 2.05) is 34.6 Å². The van der Waals surface area contributed by atoms with E-state index in [1.165, 1.54) is 19.2 Å². The van der Waals surface area contributed by atoms with Crippen LogP contribution >= 0.6 is 0 Å². The van der Waals surface area contributed by atoms with E-state index < -0.39 is 77.6 Å². The van der Waals surface area contributed by atoms with Crippen LogP contribution < -0.4 is 0 Å². The molecule has 14 atom stereocenters. The molecule has 1 aromatic carbocycles. The Morgan fingerprint density at radius 3 is 1.98 bits per heavy atom. The Labute approximate surface area is 305 Å². The second-order valence-electron chi connectivity index (χ2n) is 18.3. The van der Waals surface area contributed by atoms with Gasteiger partial charge in [0, 0.05) is 29.8 Å². The molecule has 52 heavy (non-hydrogen) atoms. The number of Topliss-reactive ketones (excluding diaryl/α,β-unsaturated/α-hetero) is 1. The third-order valence-corrected chi connectivity index (χ3v) is 18.7. The molecule has 5 N–H and O–H groups in total. The average molecular weight is 747 g/mol. The first kappa shape index (κ1) is 37.0. The predicted octanol–water partition coefficient (Wildman–Crippen LogP) is 3.11. The van der Waals surface area contributed by atoms with E-state index in [-0.39, 0.29) is 47.9 Å². The summed E-state index contributed by atoms with van der Waals surface area (Å²) in [6.07, 6.45) is 0.189. The molecule has 10 aliphatic rings. The van der Waals surface area contributed by atoms with Crippen molar-refractivity contribution < 1.29 is 57.1 Å². The van der Waals surface area contributed by atoms with Gasteiger partial charge in [0.05, 0.1) is 40.7 Å². The first-order valence-electron chi connectivity index (χ1n) is 18.5. The van der Waals surface area contributed by atoms with Gasteiger partial charge in [-0.15, -0.1) is 0 Å².